The van der Waals surface area contributed by atoms with E-state index in [0.29, 0.717) is 67.8 Å². The molecule has 120 heavy (non-hydrogen) atoms. The van der Waals surface area contributed by atoms with Crippen molar-refractivity contribution in [3.8, 4) is 137 Å². The summed E-state index contributed by atoms with van der Waals surface area (Å²) in [6.07, 6.45) is 0. The normalized spacial score (nSPS) is 11.3. The molecule has 6 heterocycles. The van der Waals surface area contributed by atoms with Gasteiger partial charge in [-0.05, 0) is 138 Å². The smallest absolute Gasteiger partial charge is 0.160 e. The van der Waals surface area contributed by atoms with E-state index in [1.807, 2.05) is 176 Å². The third-order valence-electron chi connectivity index (χ3n) is 22.8. The number of para-hydroxylation sites is 6. The van der Waals surface area contributed by atoms with Gasteiger partial charge >= 0.3 is 0 Å². The van der Waals surface area contributed by atoms with Gasteiger partial charge in [-0.1, -0.05) is 273 Å². The van der Waals surface area contributed by atoms with E-state index >= 15 is 0 Å². The van der Waals surface area contributed by atoms with Crippen LogP contribution in [-0.2, 0) is 0 Å². The molecule has 0 radical (unpaired) electrons. The lowest BCUT2D eigenvalue weighted by molar-refractivity contribution is 1.17. The van der Waals surface area contributed by atoms with Gasteiger partial charge in [0, 0.05) is 99.2 Å². The number of aromatic nitrogens is 8. The van der Waals surface area contributed by atoms with E-state index in [9.17, 15) is 21.0 Å². The first-order chi connectivity index (χ1) is 59.4. The second-order valence-electron chi connectivity index (χ2n) is 29.6. The molecule has 0 unspecified atom stereocenters. The van der Waals surface area contributed by atoms with Gasteiger partial charge in [0.1, 0.15) is 23.3 Å². The predicted octanol–water partition coefficient (Wildman–Crippen LogP) is 26.2. The molecule has 0 amide bonds. The van der Waals surface area contributed by atoms with Crippen LogP contribution in [-0.4, -0.2) is 38.2 Å². The number of rotatable bonds is 12. The Morgan fingerprint density at radius 1 is 0.192 bits per heavy atom. The van der Waals surface area contributed by atoms with Gasteiger partial charge in [0.15, 0.2) is 11.6 Å². The van der Waals surface area contributed by atoms with E-state index in [1.54, 1.807) is 0 Å². The highest BCUT2D eigenvalue weighted by atomic mass is 15.0. The van der Waals surface area contributed by atoms with Crippen molar-refractivity contribution in [3.05, 3.63) is 411 Å². The molecule has 0 aliphatic carbocycles. The lowest BCUT2D eigenvalue weighted by Gasteiger charge is -2.14. The van der Waals surface area contributed by atoms with Gasteiger partial charge < -0.3 is 18.3 Å². The molecule has 0 atom stereocenters. The lowest BCUT2D eigenvalue weighted by atomic mass is 9.93. The molecule has 22 rings (SSSR count). The van der Waals surface area contributed by atoms with Gasteiger partial charge in [-0.25, -0.2) is 19.9 Å². The molecule has 0 fully saturated rings. The number of hydrogen-bond acceptors (Lipinski definition) is 8. The quantitative estimate of drug-likeness (QED) is 0.117. The summed E-state index contributed by atoms with van der Waals surface area (Å²) < 4.78 is 9.37. The molecule has 0 saturated carbocycles. The Bertz CT molecular complexity index is 8020. The molecule has 22 aromatic rings. The average molecular weight is 1530 g/mol. The first-order valence-electron chi connectivity index (χ1n) is 39.6. The number of hydrogen-bond donors (Lipinski definition) is 0. The first kappa shape index (κ1) is 70.7. The Kier molecular flexibility index (Phi) is 17.5. The third-order valence-corrected chi connectivity index (χ3v) is 22.8. The monoisotopic (exact) mass is 1530 g/mol. The van der Waals surface area contributed by atoms with E-state index < -0.39 is 0 Å². The fourth-order valence-electron chi connectivity index (χ4n) is 17.6. The molecule has 12 nitrogen and oxygen atoms in total. The zero-order valence-electron chi connectivity index (χ0n) is 64.3. The van der Waals surface area contributed by atoms with Gasteiger partial charge in [0.05, 0.1) is 90.2 Å². The van der Waals surface area contributed by atoms with Crippen molar-refractivity contribution in [2.45, 2.75) is 0 Å². The van der Waals surface area contributed by atoms with Crippen LogP contribution >= 0.6 is 0 Å². The maximum atomic E-state index is 10.8. The summed E-state index contributed by atoms with van der Waals surface area (Å²) in [5.74, 6) is 1.01. The summed E-state index contributed by atoms with van der Waals surface area (Å²) in [6, 6.07) is 141. The van der Waals surface area contributed by atoms with Gasteiger partial charge in [0.2, 0.25) is 0 Å². The topological polar surface area (TPSA) is 166 Å². The summed E-state index contributed by atoms with van der Waals surface area (Å²) >= 11 is 0. The highest BCUT2D eigenvalue weighted by molar-refractivity contribution is 6.31. The third kappa shape index (κ3) is 11.9. The van der Waals surface area contributed by atoms with Crippen LogP contribution in [0.5, 0.6) is 0 Å². The molecule has 0 aliphatic heterocycles. The Hall–Kier alpha value is -17.2. The molecule has 6 aromatic heterocycles. The largest absolute Gasteiger partial charge is 0.309 e. The zero-order valence-corrected chi connectivity index (χ0v) is 64.3. The van der Waals surface area contributed by atoms with E-state index in [-0.39, 0.29) is 0 Å². The van der Waals surface area contributed by atoms with Gasteiger partial charge in [-0.15, -0.1) is 0 Å². The van der Waals surface area contributed by atoms with Crippen LogP contribution in [0.3, 0.4) is 0 Å². The zero-order chi connectivity index (χ0) is 80.3. The fraction of sp³-hybridized carbons (Fsp3) is 0. The van der Waals surface area contributed by atoms with Crippen LogP contribution in [0.15, 0.2) is 388 Å². The summed E-state index contributed by atoms with van der Waals surface area (Å²) in [5.41, 5.74) is 24.9. The summed E-state index contributed by atoms with van der Waals surface area (Å²) in [6.45, 7) is 0. The summed E-state index contributed by atoms with van der Waals surface area (Å²) in [5, 5.41) is 52.1. The summed E-state index contributed by atoms with van der Waals surface area (Å²) in [7, 11) is 0. The average Bonchev–Trinajstić information content (AvgIpc) is 1.55. The Morgan fingerprint density at radius 2 is 0.467 bits per heavy atom. The van der Waals surface area contributed by atoms with Crippen LogP contribution in [0.4, 0.5) is 0 Å². The van der Waals surface area contributed by atoms with Crippen molar-refractivity contribution < 1.29 is 0 Å². The summed E-state index contributed by atoms with van der Waals surface area (Å²) in [4.78, 5) is 19.8. The molecular weight excluding hydrogens is 1470 g/mol. The molecule has 0 spiro atoms. The molecule has 12 heteroatoms. The predicted molar refractivity (Wildman–Crippen MR) is 484 cm³/mol. The van der Waals surface area contributed by atoms with Crippen LogP contribution < -0.4 is 0 Å². The Balaban J connectivity index is 0.000000148. The molecule has 0 aliphatic rings. The maximum Gasteiger partial charge on any atom is 0.160 e. The van der Waals surface area contributed by atoms with Gasteiger partial charge in [0.25, 0.3) is 0 Å². The van der Waals surface area contributed by atoms with Crippen LogP contribution in [0.1, 0.15) is 22.3 Å². The second-order valence-corrected chi connectivity index (χ2v) is 29.6. The number of nitriles is 4. The minimum absolute atomic E-state index is 0.353. The highest BCUT2D eigenvalue weighted by Gasteiger charge is 2.27. The van der Waals surface area contributed by atoms with Crippen molar-refractivity contribution in [1.82, 2.24) is 38.2 Å². The van der Waals surface area contributed by atoms with Gasteiger partial charge in [-0.3, -0.25) is 0 Å². The van der Waals surface area contributed by atoms with Crippen molar-refractivity contribution >= 4 is 87.2 Å². The maximum absolute atomic E-state index is 10.8. The Labute approximate surface area is 689 Å². The number of fused-ring (bicyclic) bond motifs is 14. The molecule has 0 N–H and O–H groups in total. The van der Waals surface area contributed by atoms with E-state index in [4.69, 9.17) is 19.9 Å². The number of nitrogens with zero attached hydrogens (tertiary/aromatic N) is 12. The van der Waals surface area contributed by atoms with Crippen molar-refractivity contribution in [2.75, 3.05) is 0 Å². The number of benzene rings is 16. The Morgan fingerprint density at radius 3 is 0.833 bits per heavy atom. The van der Waals surface area contributed by atoms with Crippen LogP contribution in [0.2, 0.25) is 0 Å². The van der Waals surface area contributed by atoms with Crippen molar-refractivity contribution in [2.24, 2.45) is 0 Å². The highest BCUT2D eigenvalue weighted by Crippen LogP contribution is 2.48. The van der Waals surface area contributed by atoms with Crippen LogP contribution in [0, 0.1) is 45.3 Å². The van der Waals surface area contributed by atoms with E-state index in [2.05, 4.69) is 255 Å². The standard InChI is InChI=1S/2C54H32N6/c55-33-39-31-38(53-45(34-56)52(35-15-5-1-6-16-35)57-54(58-53)36-17-7-2-8-18-36)26-27-42(39)37-25-28-44-49(32-37)60(41-21-11-4-12-22-41)48-30-29-47-50(51(44)48)43-23-13-14-24-46(43)59(47)40-19-9-3-10-20-40;55-33-39-31-38(53-45(34-56)52(35-15-5-1-6-16-35)57-54(58-53)36-17-7-2-8-18-36)25-27-42(39)37-26-28-47-44(32-37)51-49(60(47)41-21-11-4-12-22-41)30-29-48-50(51)43-23-13-14-24-46(43)59(48)40-19-9-3-10-20-40/h2*1-32H. The molecule has 16 aromatic carbocycles. The van der Waals surface area contributed by atoms with Crippen molar-refractivity contribution in [1.29, 1.82) is 21.0 Å². The molecule has 556 valence electrons. The molecule has 0 saturated heterocycles. The van der Waals surface area contributed by atoms with E-state index in [1.165, 1.54) is 26.9 Å². The second kappa shape index (κ2) is 29.7. The minimum atomic E-state index is 0.353. The van der Waals surface area contributed by atoms with E-state index in [0.717, 1.165) is 128 Å². The molecule has 0 bridgehead atoms. The van der Waals surface area contributed by atoms with Crippen LogP contribution in [0.25, 0.3) is 200 Å². The lowest BCUT2D eigenvalue weighted by Crippen LogP contribution is -2.01. The SMILES string of the molecule is N#Cc1cc(-c2nc(-c3ccccc3)nc(-c3ccccc3)c2C#N)ccc1-c1ccc2c(c1)c1c3c4ccccc4n(-c4ccccc4)c3ccc1n2-c1ccccc1.N#Cc1cc(-c2nc(-c3ccccc3)nc(-c3ccccc3)c2C#N)ccc1-c1ccc2c3c4c5ccccc5n(-c5ccccc5)c4ccc3n(-c3ccccc3)c2c1. The minimum Gasteiger partial charge on any atom is -0.309 e. The van der Waals surface area contributed by atoms with Gasteiger partial charge in [-0.2, -0.15) is 21.0 Å². The molecular formula is C108H64N12. The first-order valence-corrected chi connectivity index (χ1v) is 39.6. The van der Waals surface area contributed by atoms with Crippen molar-refractivity contribution in [3.63, 3.8) is 0 Å². The fourth-order valence-corrected chi connectivity index (χ4v) is 17.6.